The van der Waals surface area contributed by atoms with Crippen LogP contribution in [-0.4, -0.2) is 47.2 Å². The number of hydrogen-bond acceptors (Lipinski definition) is 3. The Kier molecular flexibility index (Phi) is 5.55. The smallest absolute Gasteiger partial charge is 0.326 e. The molecule has 1 heterocycles. The first kappa shape index (κ1) is 16.5. The molecule has 1 aromatic rings. The van der Waals surface area contributed by atoms with Crippen LogP contribution in [0, 0.1) is 6.92 Å². The summed E-state index contributed by atoms with van der Waals surface area (Å²) in [5.41, 5.74) is 2.18. The second kappa shape index (κ2) is 7.40. The number of morpholine rings is 1. The van der Waals surface area contributed by atoms with Crippen LogP contribution in [-0.2, 0) is 20.7 Å². The number of amides is 1. The number of aryl methyl sites for hydroxylation is 1. The van der Waals surface area contributed by atoms with Crippen molar-refractivity contribution in [1.29, 1.82) is 0 Å². The number of carboxylic acids is 1. The normalized spacial score (nSPS) is 20.0. The number of carboxylic acid groups (broad SMARTS) is 1. The highest BCUT2D eigenvalue weighted by atomic mass is 16.5. The van der Waals surface area contributed by atoms with Crippen LogP contribution in [0.25, 0.3) is 0 Å². The zero-order valence-electron chi connectivity index (χ0n) is 13.1. The molecule has 22 heavy (non-hydrogen) atoms. The number of aliphatic carboxylic acids is 1. The van der Waals surface area contributed by atoms with Gasteiger partial charge in [-0.05, 0) is 18.9 Å². The van der Waals surface area contributed by atoms with Crippen LogP contribution >= 0.6 is 0 Å². The highest BCUT2D eigenvalue weighted by Gasteiger charge is 2.36. The molecular formula is C17H23NO4. The highest BCUT2D eigenvalue weighted by molar-refractivity contribution is 5.87. The molecule has 1 fully saturated rings. The first-order valence-electron chi connectivity index (χ1n) is 7.73. The average molecular weight is 305 g/mol. The van der Waals surface area contributed by atoms with Crippen LogP contribution in [0.4, 0.5) is 0 Å². The van der Waals surface area contributed by atoms with Crippen LogP contribution in [0.3, 0.4) is 0 Å². The third-order valence-electron chi connectivity index (χ3n) is 3.97. The van der Waals surface area contributed by atoms with Crippen LogP contribution in [0.15, 0.2) is 24.3 Å². The summed E-state index contributed by atoms with van der Waals surface area (Å²) in [5, 5.41) is 9.35. The molecule has 1 saturated heterocycles. The first-order valence-corrected chi connectivity index (χ1v) is 7.73. The Morgan fingerprint density at radius 1 is 1.41 bits per heavy atom. The lowest BCUT2D eigenvalue weighted by atomic mass is 10.0. The molecule has 120 valence electrons. The average Bonchev–Trinajstić information content (AvgIpc) is 2.49. The molecule has 5 nitrogen and oxygen atoms in total. The Balaban J connectivity index is 2.08. The third kappa shape index (κ3) is 3.85. The molecule has 0 aromatic heterocycles. The van der Waals surface area contributed by atoms with Gasteiger partial charge in [-0.3, -0.25) is 4.79 Å². The maximum atomic E-state index is 12.6. The van der Waals surface area contributed by atoms with Crippen molar-refractivity contribution in [1.82, 2.24) is 4.90 Å². The second-order valence-corrected chi connectivity index (χ2v) is 5.72. The van der Waals surface area contributed by atoms with Crippen molar-refractivity contribution in [3.8, 4) is 0 Å². The van der Waals surface area contributed by atoms with Crippen LogP contribution < -0.4 is 0 Å². The number of benzene rings is 1. The van der Waals surface area contributed by atoms with Gasteiger partial charge in [-0.15, -0.1) is 0 Å². The number of ether oxygens (including phenoxy) is 1. The first-order chi connectivity index (χ1) is 10.5. The second-order valence-electron chi connectivity index (χ2n) is 5.72. The van der Waals surface area contributed by atoms with Gasteiger partial charge in [-0.25, -0.2) is 4.79 Å². The van der Waals surface area contributed by atoms with E-state index >= 15 is 0 Å². The topological polar surface area (TPSA) is 66.8 Å². The molecule has 0 spiro atoms. The summed E-state index contributed by atoms with van der Waals surface area (Å²) in [6.07, 6.45) is 1.09. The molecular weight excluding hydrogens is 282 g/mol. The van der Waals surface area contributed by atoms with Crippen molar-refractivity contribution in [3.05, 3.63) is 35.4 Å². The number of carbonyl (C=O) groups excluding carboxylic acids is 1. The molecule has 1 aliphatic rings. The molecule has 1 aromatic carbocycles. The van der Waals surface area contributed by atoms with Crippen molar-refractivity contribution in [3.63, 3.8) is 0 Å². The fourth-order valence-corrected chi connectivity index (χ4v) is 2.74. The minimum atomic E-state index is -0.939. The summed E-state index contributed by atoms with van der Waals surface area (Å²) in [5.74, 6) is -1.15. The van der Waals surface area contributed by atoms with E-state index in [0.29, 0.717) is 26.0 Å². The highest BCUT2D eigenvalue weighted by Crippen LogP contribution is 2.18. The van der Waals surface area contributed by atoms with Crippen molar-refractivity contribution in [2.24, 2.45) is 0 Å². The minimum Gasteiger partial charge on any atom is -0.480 e. The fraction of sp³-hybridized carbons (Fsp3) is 0.529. The summed E-state index contributed by atoms with van der Waals surface area (Å²) in [6.45, 7) is 4.66. The Labute approximate surface area is 130 Å². The molecule has 0 saturated carbocycles. The molecule has 1 amide bonds. The van der Waals surface area contributed by atoms with Gasteiger partial charge in [0.1, 0.15) is 12.1 Å². The SMILES string of the molecule is CCCC(C(=O)O)N1CCO[C@H](Cc2ccc(C)cc2)C1=O. The maximum Gasteiger partial charge on any atom is 0.326 e. The molecule has 0 radical (unpaired) electrons. The van der Waals surface area contributed by atoms with Gasteiger partial charge < -0.3 is 14.7 Å². The largest absolute Gasteiger partial charge is 0.480 e. The summed E-state index contributed by atoms with van der Waals surface area (Å²) < 4.78 is 5.58. The zero-order chi connectivity index (χ0) is 16.1. The molecule has 2 rings (SSSR count). The lowest BCUT2D eigenvalue weighted by molar-refractivity contribution is -0.164. The summed E-state index contributed by atoms with van der Waals surface area (Å²) in [7, 11) is 0. The van der Waals surface area contributed by atoms with E-state index in [-0.39, 0.29) is 5.91 Å². The van der Waals surface area contributed by atoms with Crippen LogP contribution in [0.1, 0.15) is 30.9 Å². The van der Waals surface area contributed by atoms with Gasteiger partial charge in [0, 0.05) is 13.0 Å². The van der Waals surface area contributed by atoms with E-state index in [1.807, 2.05) is 38.1 Å². The van der Waals surface area contributed by atoms with E-state index in [4.69, 9.17) is 4.74 Å². The Bertz CT molecular complexity index is 526. The quantitative estimate of drug-likeness (QED) is 0.873. The Morgan fingerprint density at radius 2 is 2.09 bits per heavy atom. The van der Waals surface area contributed by atoms with Gasteiger partial charge in [0.15, 0.2) is 0 Å². The summed E-state index contributed by atoms with van der Waals surface area (Å²) in [4.78, 5) is 25.4. The van der Waals surface area contributed by atoms with Crippen molar-refractivity contribution in [2.75, 3.05) is 13.2 Å². The molecule has 2 atom stereocenters. The van der Waals surface area contributed by atoms with Crippen LogP contribution in [0.5, 0.6) is 0 Å². The maximum absolute atomic E-state index is 12.6. The van der Waals surface area contributed by atoms with E-state index in [1.165, 1.54) is 4.90 Å². The standard InChI is InChI=1S/C17H23NO4/c1-3-4-14(17(20)21)18-9-10-22-15(16(18)19)11-13-7-5-12(2)6-8-13/h5-8,14-15H,3-4,9-11H2,1-2H3,(H,20,21)/t14?,15-/m1/s1. The summed E-state index contributed by atoms with van der Waals surface area (Å²) in [6, 6.07) is 7.20. The third-order valence-corrected chi connectivity index (χ3v) is 3.97. The predicted molar refractivity (Wildman–Crippen MR) is 82.7 cm³/mol. The van der Waals surface area contributed by atoms with Gasteiger partial charge in [-0.1, -0.05) is 43.2 Å². The Hall–Kier alpha value is -1.88. The van der Waals surface area contributed by atoms with Crippen molar-refractivity contribution < 1.29 is 19.4 Å². The van der Waals surface area contributed by atoms with Gasteiger partial charge in [0.05, 0.1) is 6.61 Å². The van der Waals surface area contributed by atoms with Gasteiger partial charge in [0.25, 0.3) is 5.91 Å². The number of nitrogens with zero attached hydrogens (tertiary/aromatic N) is 1. The van der Waals surface area contributed by atoms with Crippen LogP contribution in [0.2, 0.25) is 0 Å². The lowest BCUT2D eigenvalue weighted by Crippen LogP contribution is -2.55. The molecule has 0 aliphatic carbocycles. The number of carbonyl (C=O) groups is 2. The van der Waals surface area contributed by atoms with Gasteiger partial charge in [-0.2, -0.15) is 0 Å². The monoisotopic (exact) mass is 305 g/mol. The molecule has 1 unspecified atom stereocenters. The summed E-state index contributed by atoms with van der Waals surface area (Å²) >= 11 is 0. The van der Waals surface area contributed by atoms with E-state index in [0.717, 1.165) is 17.5 Å². The predicted octanol–water partition coefficient (Wildman–Crippen LogP) is 2.02. The number of rotatable bonds is 6. The molecule has 1 aliphatic heterocycles. The van der Waals surface area contributed by atoms with E-state index in [1.54, 1.807) is 0 Å². The van der Waals surface area contributed by atoms with Gasteiger partial charge in [0.2, 0.25) is 0 Å². The van der Waals surface area contributed by atoms with Gasteiger partial charge >= 0.3 is 5.97 Å². The van der Waals surface area contributed by atoms with E-state index in [9.17, 15) is 14.7 Å². The zero-order valence-corrected chi connectivity index (χ0v) is 13.1. The minimum absolute atomic E-state index is 0.215. The molecule has 1 N–H and O–H groups in total. The number of hydrogen-bond donors (Lipinski definition) is 1. The van der Waals surface area contributed by atoms with Crippen molar-refractivity contribution >= 4 is 11.9 Å². The lowest BCUT2D eigenvalue weighted by Gasteiger charge is -2.36. The van der Waals surface area contributed by atoms with E-state index < -0.39 is 18.1 Å². The molecule has 0 bridgehead atoms. The Morgan fingerprint density at radius 3 is 2.68 bits per heavy atom. The van der Waals surface area contributed by atoms with E-state index in [2.05, 4.69) is 0 Å². The molecule has 5 heteroatoms. The van der Waals surface area contributed by atoms with Crippen molar-refractivity contribution in [2.45, 2.75) is 45.3 Å². The fourth-order valence-electron chi connectivity index (χ4n) is 2.74.